The largest absolute Gasteiger partial charge is 0.329 e. The van der Waals surface area contributed by atoms with Crippen molar-refractivity contribution in [2.24, 2.45) is 5.92 Å². The molecule has 3 nitrogen and oxygen atoms in total. The van der Waals surface area contributed by atoms with E-state index in [2.05, 4.69) is 4.98 Å². The monoisotopic (exact) mass is 220 g/mol. The van der Waals surface area contributed by atoms with E-state index in [0.717, 1.165) is 18.9 Å². The molecule has 0 amide bonds. The van der Waals surface area contributed by atoms with Crippen LogP contribution in [0.3, 0.4) is 0 Å². The smallest absolute Gasteiger partial charge is 0.198 e. The van der Waals surface area contributed by atoms with Gasteiger partial charge in [0.2, 0.25) is 0 Å². The summed E-state index contributed by atoms with van der Waals surface area (Å²) in [5.74, 6) is 1.63. The van der Waals surface area contributed by atoms with Gasteiger partial charge in [-0.2, -0.15) is 0 Å². The highest BCUT2D eigenvalue weighted by Crippen LogP contribution is 2.28. The first-order chi connectivity index (χ1) is 7.81. The van der Waals surface area contributed by atoms with Crippen molar-refractivity contribution in [3.05, 3.63) is 18.2 Å². The standard InChI is InChI=1S/C13H20N2O/c1-2-15-10-9-14-13(15)12(16)8-7-11-5-3-4-6-11/h9-11H,2-8H2,1H3. The molecule has 1 saturated carbocycles. The van der Waals surface area contributed by atoms with Crippen LogP contribution in [0.4, 0.5) is 0 Å². The van der Waals surface area contributed by atoms with E-state index in [1.165, 1.54) is 25.7 Å². The number of hydrogen-bond donors (Lipinski definition) is 0. The number of hydrogen-bond acceptors (Lipinski definition) is 2. The van der Waals surface area contributed by atoms with Gasteiger partial charge in [-0.25, -0.2) is 4.98 Å². The molecule has 1 heterocycles. The van der Waals surface area contributed by atoms with Crippen molar-refractivity contribution < 1.29 is 4.79 Å². The first kappa shape index (κ1) is 11.4. The highest BCUT2D eigenvalue weighted by molar-refractivity contribution is 5.92. The average molecular weight is 220 g/mol. The fraction of sp³-hybridized carbons (Fsp3) is 0.692. The van der Waals surface area contributed by atoms with Crippen molar-refractivity contribution >= 4 is 5.78 Å². The van der Waals surface area contributed by atoms with Gasteiger partial charge in [0.15, 0.2) is 11.6 Å². The molecule has 0 unspecified atom stereocenters. The van der Waals surface area contributed by atoms with Crippen molar-refractivity contribution in [3.8, 4) is 0 Å². The van der Waals surface area contributed by atoms with E-state index < -0.39 is 0 Å². The third-order valence-electron chi connectivity index (χ3n) is 3.56. The number of Topliss-reactive ketones (excluding diaryl/α,β-unsaturated/α-hetero) is 1. The zero-order valence-electron chi connectivity index (χ0n) is 9.98. The van der Waals surface area contributed by atoms with Crippen molar-refractivity contribution in [1.29, 1.82) is 0 Å². The van der Waals surface area contributed by atoms with Crippen molar-refractivity contribution in [3.63, 3.8) is 0 Å². The van der Waals surface area contributed by atoms with Gasteiger partial charge in [-0.05, 0) is 19.3 Å². The summed E-state index contributed by atoms with van der Waals surface area (Å²) in [5.41, 5.74) is 0. The van der Waals surface area contributed by atoms with Gasteiger partial charge in [-0.1, -0.05) is 25.7 Å². The third kappa shape index (κ3) is 2.52. The molecule has 0 aromatic carbocycles. The van der Waals surface area contributed by atoms with Crippen LogP contribution in [0, 0.1) is 5.92 Å². The van der Waals surface area contributed by atoms with E-state index in [4.69, 9.17) is 0 Å². The molecule has 0 aliphatic heterocycles. The Hall–Kier alpha value is -1.12. The van der Waals surface area contributed by atoms with Gasteiger partial charge in [0.25, 0.3) is 0 Å². The Balaban J connectivity index is 1.87. The molecule has 1 fully saturated rings. The van der Waals surface area contributed by atoms with E-state index in [9.17, 15) is 4.79 Å². The van der Waals surface area contributed by atoms with Crippen molar-refractivity contribution in [1.82, 2.24) is 9.55 Å². The quantitative estimate of drug-likeness (QED) is 0.715. The minimum atomic E-state index is 0.207. The molecule has 0 bridgehead atoms. The van der Waals surface area contributed by atoms with Crippen LogP contribution in [0.15, 0.2) is 12.4 Å². The molecule has 0 N–H and O–H groups in total. The van der Waals surface area contributed by atoms with Crippen molar-refractivity contribution in [2.75, 3.05) is 0 Å². The van der Waals surface area contributed by atoms with Crippen LogP contribution in [-0.4, -0.2) is 15.3 Å². The zero-order valence-corrected chi connectivity index (χ0v) is 9.98. The molecular weight excluding hydrogens is 200 g/mol. The lowest BCUT2D eigenvalue weighted by molar-refractivity contribution is 0.0959. The summed E-state index contributed by atoms with van der Waals surface area (Å²) < 4.78 is 1.93. The summed E-state index contributed by atoms with van der Waals surface area (Å²) in [4.78, 5) is 16.1. The molecule has 0 spiro atoms. The number of aryl methyl sites for hydroxylation is 1. The number of aromatic nitrogens is 2. The van der Waals surface area contributed by atoms with E-state index in [-0.39, 0.29) is 5.78 Å². The van der Waals surface area contributed by atoms with E-state index in [1.807, 2.05) is 17.7 Å². The summed E-state index contributed by atoms with van der Waals surface area (Å²) >= 11 is 0. The van der Waals surface area contributed by atoms with Gasteiger partial charge < -0.3 is 4.57 Å². The predicted molar refractivity (Wildman–Crippen MR) is 63.4 cm³/mol. The molecular formula is C13H20N2O. The summed E-state index contributed by atoms with van der Waals surface area (Å²) in [6, 6.07) is 0. The highest BCUT2D eigenvalue weighted by Gasteiger charge is 2.18. The predicted octanol–water partition coefficient (Wildman–Crippen LogP) is 3.06. The van der Waals surface area contributed by atoms with Gasteiger partial charge in [-0.15, -0.1) is 0 Å². The average Bonchev–Trinajstić information content (AvgIpc) is 2.96. The summed E-state index contributed by atoms with van der Waals surface area (Å²) in [5, 5.41) is 0. The Morgan fingerprint density at radius 1 is 1.50 bits per heavy atom. The minimum absolute atomic E-state index is 0.207. The van der Waals surface area contributed by atoms with Crippen LogP contribution in [0.1, 0.15) is 56.1 Å². The third-order valence-corrected chi connectivity index (χ3v) is 3.56. The minimum Gasteiger partial charge on any atom is -0.329 e. The lowest BCUT2D eigenvalue weighted by atomic mass is 10.00. The number of nitrogens with zero attached hydrogens (tertiary/aromatic N) is 2. The zero-order chi connectivity index (χ0) is 11.4. The number of ketones is 1. The highest BCUT2D eigenvalue weighted by atomic mass is 16.1. The summed E-state index contributed by atoms with van der Waals surface area (Å²) in [7, 11) is 0. The van der Waals surface area contributed by atoms with Gasteiger partial charge in [0.05, 0.1) is 0 Å². The number of imidazole rings is 1. The Bertz CT molecular complexity index is 351. The maximum absolute atomic E-state index is 12.0. The molecule has 1 aliphatic rings. The lowest BCUT2D eigenvalue weighted by Gasteiger charge is -2.08. The van der Waals surface area contributed by atoms with Crippen LogP contribution >= 0.6 is 0 Å². The lowest BCUT2D eigenvalue weighted by Crippen LogP contribution is -2.10. The van der Waals surface area contributed by atoms with E-state index in [1.54, 1.807) is 6.20 Å². The van der Waals surface area contributed by atoms with Gasteiger partial charge in [0.1, 0.15) is 0 Å². The van der Waals surface area contributed by atoms with Crippen molar-refractivity contribution in [2.45, 2.75) is 52.0 Å². The number of carbonyl (C=O) groups is 1. The Morgan fingerprint density at radius 2 is 2.25 bits per heavy atom. The molecule has 3 heteroatoms. The van der Waals surface area contributed by atoms with Crippen LogP contribution < -0.4 is 0 Å². The Labute approximate surface area is 96.9 Å². The summed E-state index contributed by atoms with van der Waals surface area (Å²) in [6.07, 6.45) is 10.6. The normalized spacial score (nSPS) is 16.8. The molecule has 88 valence electrons. The first-order valence-corrected chi connectivity index (χ1v) is 6.35. The summed E-state index contributed by atoms with van der Waals surface area (Å²) in [6.45, 7) is 2.86. The Kier molecular flexibility index (Phi) is 3.75. The molecule has 0 saturated heterocycles. The molecule has 0 atom stereocenters. The molecule has 1 aliphatic carbocycles. The number of carbonyl (C=O) groups excluding carboxylic acids is 1. The van der Waals surface area contributed by atoms with Crippen LogP contribution in [0.25, 0.3) is 0 Å². The van der Waals surface area contributed by atoms with Crippen LogP contribution in [-0.2, 0) is 6.54 Å². The maximum Gasteiger partial charge on any atom is 0.198 e. The second-order valence-corrected chi connectivity index (χ2v) is 4.65. The first-order valence-electron chi connectivity index (χ1n) is 6.35. The molecule has 0 radical (unpaired) electrons. The maximum atomic E-state index is 12.0. The second kappa shape index (κ2) is 5.28. The van der Waals surface area contributed by atoms with Gasteiger partial charge >= 0.3 is 0 Å². The van der Waals surface area contributed by atoms with E-state index in [0.29, 0.717) is 12.2 Å². The van der Waals surface area contributed by atoms with Crippen LogP contribution in [0.2, 0.25) is 0 Å². The molecule has 1 aromatic rings. The second-order valence-electron chi connectivity index (χ2n) is 4.65. The molecule has 16 heavy (non-hydrogen) atoms. The Morgan fingerprint density at radius 3 is 2.94 bits per heavy atom. The fourth-order valence-corrected chi connectivity index (χ4v) is 2.56. The van der Waals surface area contributed by atoms with Gasteiger partial charge in [0, 0.05) is 25.4 Å². The van der Waals surface area contributed by atoms with Crippen LogP contribution in [0.5, 0.6) is 0 Å². The molecule has 1 aromatic heterocycles. The number of rotatable bonds is 5. The van der Waals surface area contributed by atoms with E-state index >= 15 is 0 Å². The molecule has 2 rings (SSSR count). The van der Waals surface area contributed by atoms with Gasteiger partial charge in [-0.3, -0.25) is 4.79 Å². The fourth-order valence-electron chi connectivity index (χ4n) is 2.56. The SMILES string of the molecule is CCn1ccnc1C(=O)CCC1CCCC1. The topological polar surface area (TPSA) is 34.9 Å².